The van der Waals surface area contributed by atoms with Crippen LogP contribution in [0.25, 0.3) is 0 Å². The second kappa shape index (κ2) is 10.7. The summed E-state index contributed by atoms with van der Waals surface area (Å²) in [6, 6.07) is 0.0842. The van der Waals surface area contributed by atoms with Crippen molar-refractivity contribution < 1.29 is 14.6 Å². The van der Waals surface area contributed by atoms with E-state index in [0.717, 1.165) is 41.8 Å². The molecule has 28 heavy (non-hydrogen) atoms. The Morgan fingerprint density at radius 1 is 1.21 bits per heavy atom. The quantitative estimate of drug-likeness (QED) is 0.537. The van der Waals surface area contributed by atoms with Gasteiger partial charge < -0.3 is 25.6 Å². The number of rotatable bonds is 11. The summed E-state index contributed by atoms with van der Waals surface area (Å²) in [5.74, 6) is 2.00. The molecule has 0 aromatic carbocycles. The van der Waals surface area contributed by atoms with Crippen LogP contribution in [0.5, 0.6) is 11.5 Å². The molecule has 0 spiro atoms. The molecule has 0 aliphatic rings. The van der Waals surface area contributed by atoms with Gasteiger partial charge in [0.2, 0.25) is 5.95 Å². The van der Waals surface area contributed by atoms with Gasteiger partial charge in [0.05, 0.1) is 19.0 Å². The molecule has 0 radical (unpaired) electrons. The second-order valence-electron chi connectivity index (χ2n) is 6.77. The second-order valence-corrected chi connectivity index (χ2v) is 6.77. The maximum atomic E-state index is 9.34. The molecule has 0 aliphatic heterocycles. The van der Waals surface area contributed by atoms with Crippen LogP contribution in [-0.4, -0.2) is 39.8 Å². The van der Waals surface area contributed by atoms with Crippen molar-refractivity contribution in [1.82, 2.24) is 15.0 Å². The van der Waals surface area contributed by atoms with E-state index in [-0.39, 0.29) is 25.2 Å². The summed E-state index contributed by atoms with van der Waals surface area (Å²) in [6.45, 7) is 6.40. The molecule has 2 rings (SSSR count). The van der Waals surface area contributed by atoms with E-state index >= 15 is 0 Å². The third-order valence-corrected chi connectivity index (χ3v) is 4.61. The zero-order chi connectivity index (χ0) is 20.5. The van der Waals surface area contributed by atoms with Crippen molar-refractivity contribution in [2.45, 2.75) is 59.1 Å². The van der Waals surface area contributed by atoms with Gasteiger partial charge in [0.1, 0.15) is 12.4 Å². The molecule has 4 N–H and O–H groups in total. The van der Waals surface area contributed by atoms with Gasteiger partial charge in [0, 0.05) is 30.0 Å². The Balaban J connectivity index is 2.18. The number of unbranched alkanes of at least 4 members (excludes halogenated alkanes) is 1. The number of aliphatic hydroxyl groups excluding tert-OH is 1. The molecule has 0 unspecified atom stereocenters. The maximum Gasteiger partial charge on any atom is 0.222 e. The Bertz CT molecular complexity index is 770. The monoisotopic (exact) mass is 389 g/mol. The van der Waals surface area contributed by atoms with Gasteiger partial charge in [-0.1, -0.05) is 19.8 Å². The van der Waals surface area contributed by atoms with Crippen molar-refractivity contribution in [3.63, 3.8) is 0 Å². The van der Waals surface area contributed by atoms with Crippen molar-refractivity contribution in [2.75, 3.05) is 24.8 Å². The first-order chi connectivity index (χ1) is 13.5. The van der Waals surface area contributed by atoms with Crippen LogP contribution in [0.2, 0.25) is 0 Å². The number of pyridine rings is 1. The number of aromatic nitrogens is 3. The highest BCUT2D eigenvalue weighted by atomic mass is 16.5. The Morgan fingerprint density at radius 3 is 2.68 bits per heavy atom. The predicted molar refractivity (Wildman–Crippen MR) is 110 cm³/mol. The van der Waals surface area contributed by atoms with Crippen LogP contribution >= 0.6 is 0 Å². The number of hydrogen-bond acceptors (Lipinski definition) is 8. The number of nitrogens with two attached hydrogens (primary N) is 1. The van der Waals surface area contributed by atoms with Crippen LogP contribution in [0.15, 0.2) is 12.4 Å². The minimum absolute atomic E-state index is 0.0842. The average Bonchev–Trinajstić information content (AvgIpc) is 2.67. The molecule has 0 saturated carbocycles. The molecule has 0 aliphatic carbocycles. The van der Waals surface area contributed by atoms with Gasteiger partial charge in [-0.25, -0.2) is 4.98 Å². The molecule has 0 bridgehead atoms. The highest BCUT2D eigenvalue weighted by molar-refractivity contribution is 5.52. The van der Waals surface area contributed by atoms with Crippen LogP contribution in [0, 0.1) is 13.8 Å². The molecular weight excluding hydrogens is 358 g/mol. The number of aryl methyl sites for hydroxylation is 1. The number of anilines is 2. The molecule has 0 fully saturated rings. The van der Waals surface area contributed by atoms with Crippen molar-refractivity contribution in [2.24, 2.45) is 0 Å². The molecule has 8 nitrogen and oxygen atoms in total. The van der Waals surface area contributed by atoms with Crippen molar-refractivity contribution in [3.05, 3.63) is 29.2 Å². The summed E-state index contributed by atoms with van der Waals surface area (Å²) in [6.07, 6.45) is 7.02. The SMILES string of the molecule is CCCC[C@@H](CCO)Nc1nc(N)ncc1OCc1ncc(C)c(OC)c1C. The van der Waals surface area contributed by atoms with Crippen LogP contribution in [-0.2, 0) is 6.61 Å². The Morgan fingerprint density at radius 2 is 2.00 bits per heavy atom. The van der Waals surface area contributed by atoms with Crippen LogP contribution in [0.3, 0.4) is 0 Å². The number of nitrogen functional groups attached to an aromatic ring is 1. The number of methoxy groups -OCH3 is 1. The molecule has 2 aromatic heterocycles. The van der Waals surface area contributed by atoms with E-state index in [9.17, 15) is 5.11 Å². The molecule has 8 heteroatoms. The standard InChI is InChI=1S/C20H31N5O3/c1-5-6-7-15(8-9-26)24-19-17(11-23-20(21)25-19)28-12-16-14(3)18(27-4)13(2)10-22-16/h10-11,15,26H,5-9,12H2,1-4H3,(H3,21,23,24,25)/t15-/m0/s1. The highest BCUT2D eigenvalue weighted by Gasteiger charge is 2.15. The smallest absolute Gasteiger partial charge is 0.222 e. The van der Waals surface area contributed by atoms with E-state index in [4.69, 9.17) is 15.2 Å². The van der Waals surface area contributed by atoms with E-state index in [1.54, 1.807) is 19.5 Å². The van der Waals surface area contributed by atoms with Gasteiger partial charge in [-0.2, -0.15) is 4.98 Å². The van der Waals surface area contributed by atoms with E-state index in [1.165, 1.54) is 0 Å². The molecule has 2 aromatic rings. The van der Waals surface area contributed by atoms with Gasteiger partial charge >= 0.3 is 0 Å². The molecule has 0 amide bonds. The van der Waals surface area contributed by atoms with Crippen LogP contribution in [0.1, 0.15) is 49.4 Å². The van der Waals surface area contributed by atoms with Gasteiger partial charge in [-0.05, 0) is 26.7 Å². The maximum absolute atomic E-state index is 9.34. The first-order valence-electron chi connectivity index (χ1n) is 9.61. The third kappa shape index (κ3) is 5.69. The Labute approximate surface area is 166 Å². The van der Waals surface area contributed by atoms with Gasteiger partial charge in [0.25, 0.3) is 0 Å². The van der Waals surface area contributed by atoms with E-state index < -0.39 is 0 Å². The van der Waals surface area contributed by atoms with Crippen molar-refractivity contribution in [3.8, 4) is 11.5 Å². The first-order valence-corrected chi connectivity index (χ1v) is 9.61. The van der Waals surface area contributed by atoms with E-state index in [0.29, 0.717) is 18.0 Å². The molecule has 154 valence electrons. The van der Waals surface area contributed by atoms with Crippen LogP contribution in [0.4, 0.5) is 11.8 Å². The number of nitrogens with zero attached hydrogens (tertiary/aromatic N) is 3. The minimum atomic E-state index is 0.0842. The lowest BCUT2D eigenvalue weighted by molar-refractivity contribution is 0.275. The van der Waals surface area contributed by atoms with Crippen molar-refractivity contribution >= 4 is 11.8 Å². The highest BCUT2D eigenvalue weighted by Crippen LogP contribution is 2.28. The lowest BCUT2D eigenvalue weighted by Crippen LogP contribution is -2.22. The normalized spacial score (nSPS) is 11.9. The topological polar surface area (TPSA) is 115 Å². The number of aliphatic hydroxyl groups is 1. The fourth-order valence-corrected chi connectivity index (χ4v) is 3.04. The Kier molecular flexibility index (Phi) is 8.25. The summed E-state index contributed by atoms with van der Waals surface area (Å²) >= 11 is 0. The summed E-state index contributed by atoms with van der Waals surface area (Å²) < 4.78 is 11.4. The summed E-state index contributed by atoms with van der Waals surface area (Å²) in [5, 5.41) is 12.7. The van der Waals surface area contributed by atoms with Crippen LogP contribution < -0.4 is 20.5 Å². The van der Waals surface area contributed by atoms with Gasteiger partial charge in [-0.3, -0.25) is 4.98 Å². The number of nitrogens with one attached hydrogen (secondary N) is 1. The van der Waals surface area contributed by atoms with Gasteiger partial charge in [-0.15, -0.1) is 0 Å². The zero-order valence-corrected chi connectivity index (χ0v) is 17.2. The number of hydrogen-bond donors (Lipinski definition) is 3. The molecule has 1 atom stereocenters. The summed E-state index contributed by atoms with van der Waals surface area (Å²) in [4.78, 5) is 12.8. The first kappa shape index (κ1) is 21.7. The fraction of sp³-hybridized carbons (Fsp3) is 0.550. The Hall–Kier alpha value is -2.61. The number of ether oxygens (including phenoxy) is 2. The summed E-state index contributed by atoms with van der Waals surface area (Å²) in [5.41, 5.74) is 8.46. The fourth-order valence-electron chi connectivity index (χ4n) is 3.04. The zero-order valence-electron chi connectivity index (χ0n) is 17.2. The minimum Gasteiger partial charge on any atom is -0.496 e. The average molecular weight is 390 g/mol. The lowest BCUT2D eigenvalue weighted by Gasteiger charge is -2.20. The lowest BCUT2D eigenvalue weighted by atomic mass is 10.1. The van der Waals surface area contributed by atoms with E-state index in [2.05, 4.69) is 27.2 Å². The predicted octanol–water partition coefficient (Wildman–Crippen LogP) is 3.01. The van der Waals surface area contributed by atoms with Crippen molar-refractivity contribution in [1.29, 1.82) is 0 Å². The largest absolute Gasteiger partial charge is 0.496 e. The molecular formula is C20H31N5O3. The molecule has 2 heterocycles. The summed E-state index contributed by atoms with van der Waals surface area (Å²) in [7, 11) is 1.65. The molecule has 0 saturated heterocycles. The third-order valence-electron chi connectivity index (χ3n) is 4.61. The van der Waals surface area contributed by atoms with E-state index in [1.807, 2.05) is 13.8 Å². The van der Waals surface area contributed by atoms with Gasteiger partial charge in [0.15, 0.2) is 11.6 Å².